The summed E-state index contributed by atoms with van der Waals surface area (Å²) in [6.45, 7) is -1.59. The van der Waals surface area contributed by atoms with Gasteiger partial charge in [0.1, 0.15) is 25.4 Å². The number of Topliss-reactive ketones (excluding diaryl/α,β-unsaturated/α-hetero) is 1. The van der Waals surface area contributed by atoms with E-state index in [1.807, 2.05) is 0 Å². The van der Waals surface area contributed by atoms with Gasteiger partial charge in [0.15, 0.2) is 5.78 Å². The van der Waals surface area contributed by atoms with Crippen LogP contribution in [0.3, 0.4) is 0 Å². The topological polar surface area (TPSA) is 188 Å². The Bertz CT molecular complexity index is 1170. The maximum atomic E-state index is 12.9. The number of carbonyl (C=O) groups is 6. The fourth-order valence-electron chi connectivity index (χ4n) is 3.20. The molecule has 0 radical (unpaired) electrons. The lowest BCUT2D eigenvalue weighted by molar-refractivity contribution is -0.139. The maximum Gasteiger partial charge on any atom is 0.408 e. The normalized spacial score (nSPS) is 11.9. The number of hydrogen-bond acceptors (Lipinski definition) is 7. The van der Waals surface area contributed by atoms with Gasteiger partial charge in [-0.25, -0.2) is 9.18 Å². The molecule has 0 aliphatic rings. The zero-order valence-electron chi connectivity index (χ0n) is 20.0. The Morgan fingerprint density at radius 3 is 2.13 bits per heavy atom. The van der Waals surface area contributed by atoms with Crippen molar-refractivity contribution < 1.29 is 48.1 Å². The number of aliphatic carboxylic acids is 2. The van der Waals surface area contributed by atoms with E-state index in [-0.39, 0.29) is 24.3 Å². The molecule has 0 spiro atoms. The van der Waals surface area contributed by atoms with Crippen molar-refractivity contribution in [2.24, 2.45) is 0 Å². The second-order valence-corrected chi connectivity index (χ2v) is 7.95. The second-order valence-electron chi connectivity index (χ2n) is 7.95. The van der Waals surface area contributed by atoms with Crippen LogP contribution >= 0.6 is 0 Å². The summed E-state index contributed by atoms with van der Waals surface area (Å²) in [5.41, 5.74) is 0.407. The van der Waals surface area contributed by atoms with Gasteiger partial charge in [0, 0.05) is 6.42 Å². The lowest BCUT2D eigenvalue weighted by Crippen LogP contribution is -2.45. The van der Waals surface area contributed by atoms with Gasteiger partial charge in [0.25, 0.3) is 5.91 Å². The number of anilines is 1. The molecule has 0 saturated heterocycles. The second kappa shape index (κ2) is 14.7. The first-order chi connectivity index (χ1) is 18.1. The number of halogens is 1. The number of rotatable bonds is 14. The van der Waals surface area contributed by atoms with Crippen LogP contribution < -0.4 is 16.0 Å². The van der Waals surface area contributed by atoms with Crippen LogP contribution in [-0.2, 0) is 30.5 Å². The largest absolute Gasteiger partial charge is 0.481 e. The van der Waals surface area contributed by atoms with Gasteiger partial charge in [-0.05, 0) is 24.1 Å². The number of benzene rings is 2. The van der Waals surface area contributed by atoms with E-state index in [1.54, 1.807) is 30.3 Å². The van der Waals surface area contributed by atoms with E-state index < -0.39 is 67.2 Å². The number of para-hydroxylation sites is 1. The third-order valence-electron chi connectivity index (χ3n) is 5.10. The predicted octanol–water partition coefficient (Wildman–Crippen LogP) is 1.90. The van der Waals surface area contributed by atoms with Gasteiger partial charge in [0.05, 0.1) is 17.7 Å². The third-order valence-corrected chi connectivity index (χ3v) is 5.10. The summed E-state index contributed by atoms with van der Waals surface area (Å²) in [6.07, 6.45) is -2.61. The molecule has 0 aliphatic heterocycles. The van der Waals surface area contributed by atoms with Gasteiger partial charge in [-0.2, -0.15) is 0 Å². The van der Waals surface area contributed by atoms with E-state index in [1.165, 1.54) is 24.3 Å². The van der Waals surface area contributed by atoms with Crippen LogP contribution in [-0.4, -0.2) is 64.6 Å². The van der Waals surface area contributed by atoms with Crippen LogP contribution in [0.2, 0.25) is 0 Å². The Labute approximate surface area is 216 Å². The van der Waals surface area contributed by atoms with Crippen LogP contribution in [0.5, 0.6) is 0 Å². The summed E-state index contributed by atoms with van der Waals surface area (Å²) in [7, 11) is 0. The Morgan fingerprint density at radius 2 is 1.50 bits per heavy atom. The average Bonchev–Trinajstić information content (AvgIpc) is 2.89. The van der Waals surface area contributed by atoms with Crippen LogP contribution in [0.1, 0.15) is 35.2 Å². The highest BCUT2D eigenvalue weighted by atomic mass is 19.1. The number of hydrogen-bond donors (Lipinski definition) is 5. The van der Waals surface area contributed by atoms with Crippen molar-refractivity contribution in [1.29, 1.82) is 0 Å². The molecule has 0 fully saturated rings. The van der Waals surface area contributed by atoms with Crippen molar-refractivity contribution in [2.45, 2.75) is 38.0 Å². The maximum absolute atomic E-state index is 12.9. The average molecular weight is 531 g/mol. The zero-order valence-corrected chi connectivity index (χ0v) is 20.0. The van der Waals surface area contributed by atoms with Crippen LogP contribution in [0.15, 0.2) is 54.6 Å². The van der Waals surface area contributed by atoms with Crippen molar-refractivity contribution in [1.82, 2.24) is 10.6 Å². The number of alkyl halides is 1. The minimum atomic E-state index is -1.64. The Balaban J connectivity index is 2.15. The predicted molar refractivity (Wildman–Crippen MR) is 130 cm³/mol. The van der Waals surface area contributed by atoms with E-state index in [2.05, 4.69) is 16.0 Å². The quantitative estimate of drug-likeness (QED) is 0.242. The van der Waals surface area contributed by atoms with E-state index in [9.17, 15) is 33.2 Å². The minimum Gasteiger partial charge on any atom is -0.481 e. The van der Waals surface area contributed by atoms with Crippen LogP contribution in [0.4, 0.5) is 14.9 Å². The number of alkyl carbamates (subject to hydrolysis) is 1. The van der Waals surface area contributed by atoms with Crippen LogP contribution in [0.25, 0.3) is 0 Å². The Morgan fingerprint density at radius 1 is 0.842 bits per heavy atom. The monoisotopic (exact) mass is 531 g/mol. The Kier molecular flexibility index (Phi) is 11.4. The molecule has 0 heterocycles. The molecule has 2 atom stereocenters. The highest BCUT2D eigenvalue weighted by Crippen LogP contribution is 2.17. The van der Waals surface area contributed by atoms with Gasteiger partial charge in [0.2, 0.25) is 5.91 Å². The molecule has 0 saturated carbocycles. The van der Waals surface area contributed by atoms with Gasteiger partial charge in [-0.3, -0.25) is 24.0 Å². The summed E-state index contributed by atoms with van der Waals surface area (Å²) in [4.78, 5) is 71.7. The first-order valence-electron chi connectivity index (χ1n) is 11.3. The number of carboxylic acid groups (broad SMARTS) is 2. The molecular weight excluding hydrogens is 505 g/mol. The highest BCUT2D eigenvalue weighted by Gasteiger charge is 2.27. The molecule has 1 unspecified atom stereocenters. The SMILES string of the molecule is O=C(O)CC[C@H](NC(=O)OCc1ccccc1)C(=O)Nc1ccccc1C(=O)NC(CC(=O)O)C(=O)CF. The van der Waals surface area contributed by atoms with E-state index >= 15 is 0 Å². The summed E-state index contributed by atoms with van der Waals surface area (Å²) >= 11 is 0. The van der Waals surface area contributed by atoms with Crippen LogP contribution in [0, 0.1) is 0 Å². The fraction of sp³-hybridized carbons (Fsp3) is 0.280. The fourth-order valence-corrected chi connectivity index (χ4v) is 3.20. The van der Waals surface area contributed by atoms with E-state index in [4.69, 9.17) is 14.9 Å². The number of nitrogens with one attached hydrogen (secondary N) is 3. The summed E-state index contributed by atoms with van der Waals surface area (Å²) in [5.74, 6) is -5.64. The number of ether oxygens (including phenoxy) is 1. The summed E-state index contributed by atoms with van der Waals surface area (Å²) in [6, 6.07) is 11.1. The molecule has 2 rings (SSSR count). The first-order valence-corrected chi connectivity index (χ1v) is 11.3. The standard InChI is InChI=1S/C25H26FN3O9/c26-13-20(30)19(12-22(33)34)28-23(35)16-8-4-5-9-17(16)27-24(36)18(10-11-21(31)32)29-25(37)38-14-15-6-2-1-3-7-15/h1-9,18-19H,10-14H2,(H,27,36)(H,28,35)(H,29,37)(H,31,32)(H,33,34)/t18-,19?/m0/s1. The van der Waals surface area contributed by atoms with Crippen molar-refractivity contribution in [3.8, 4) is 0 Å². The molecule has 3 amide bonds. The highest BCUT2D eigenvalue weighted by molar-refractivity contribution is 6.06. The van der Waals surface area contributed by atoms with Gasteiger partial charge >= 0.3 is 18.0 Å². The zero-order chi connectivity index (χ0) is 28.1. The van der Waals surface area contributed by atoms with Gasteiger partial charge in [-0.15, -0.1) is 0 Å². The molecule has 38 heavy (non-hydrogen) atoms. The molecule has 0 bridgehead atoms. The summed E-state index contributed by atoms with van der Waals surface area (Å²) in [5, 5.41) is 24.8. The minimum absolute atomic E-state index is 0.0865. The van der Waals surface area contributed by atoms with E-state index in [0.29, 0.717) is 5.56 Å². The van der Waals surface area contributed by atoms with Crippen molar-refractivity contribution in [2.75, 3.05) is 12.0 Å². The molecule has 0 aliphatic carbocycles. The number of carboxylic acids is 2. The van der Waals surface area contributed by atoms with Gasteiger partial charge < -0.3 is 30.9 Å². The number of amides is 3. The lowest BCUT2D eigenvalue weighted by atomic mass is 10.1. The Hall–Kier alpha value is -4.81. The third kappa shape index (κ3) is 9.68. The summed E-state index contributed by atoms with van der Waals surface area (Å²) < 4.78 is 17.9. The van der Waals surface area contributed by atoms with Crippen molar-refractivity contribution >= 4 is 41.3 Å². The number of carbonyl (C=O) groups excluding carboxylic acids is 4. The lowest BCUT2D eigenvalue weighted by Gasteiger charge is -2.20. The number of ketones is 1. The molecule has 2 aromatic carbocycles. The first kappa shape index (κ1) is 29.4. The molecule has 5 N–H and O–H groups in total. The molecule has 0 aromatic heterocycles. The molecule has 202 valence electrons. The molecule has 13 heteroatoms. The molecule has 12 nitrogen and oxygen atoms in total. The molecule has 2 aromatic rings. The van der Waals surface area contributed by atoms with Gasteiger partial charge in [-0.1, -0.05) is 42.5 Å². The van der Waals surface area contributed by atoms with E-state index in [0.717, 1.165) is 0 Å². The van der Waals surface area contributed by atoms with Crippen molar-refractivity contribution in [3.63, 3.8) is 0 Å². The molecular formula is C25H26FN3O9. The van der Waals surface area contributed by atoms with Crippen molar-refractivity contribution in [3.05, 3.63) is 65.7 Å². The smallest absolute Gasteiger partial charge is 0.408 e.